The SMILES string of the molecule is CC#C[C@]1(O)CC[C@H]2[C@@H]3CCC4=CC(=O)CC[C@@]45Sc4cc(N(CC)CC)ccc4[C@@H](C[C@@]21C)C35. The van der Waals surface area contributed by atoms with Gasteiger partial charge in [0.1, 0.15) is 5.60 Å². The van der Waals surface area contributed by atoms with Gasteiger partial charge in [0.05, 0.1) is 0 Å². The Morgan fingerprint density at radius 2 is 1.97 bits per heavy atom. The molecule has 0 radical (unpaired) electrons. The summed E-state index contributed by atoms with van der Waals surface area (Å²) in [7, 11) is 0. The van der Waals surface area contributed by atoms with E-state index in [9.17, 15) is 9.90 Å². The van der Waals surface area contributed by atoms with Crippen molar-refractivity contribution in [3.63, 3.8) is 0 Å². The Kier molecular flexibility index (Phi) is 5.52. The van der Waals surface area contributed by atoms with Crippen molar-refractivity contribution in [2.45, 2.75) is 93.8 Å². The maximum atomic E-state index is 12.6. The summed E-state index contributed by atoms with van der Waals surface area (Å²) in [4.78, 5) is 16.4. The predicted octanol–water partition coefficient (Wildman–Crippen LogP) is 6.35. The number of carbonyl (C=O) groups excluding carboxylic acids is 1. The van der Waals surface area contributed by atoms with Crippen molar-refractivity contribution in [3.05, 3.63) is 35.4 Å². The second-order valence-corrected chi connectivity index (χ2v) is 13.2. The van der Waals surface area contributed by atoms with E-state index >= 15 is 0 Å². The van der Waals surface area contributed by atoms with E-state index in [4.69, 9.17) is 0 Å². The Balaban J connectivity index is 1.54. The van der Waals surface area contributed by atoms with Crippen LogP contribution in [0.4, 0.5) is 5.69 Å². The van der Waals surface area contributed by atoms with Crippen LogP contribution in [0.2, 0.25) is 0 Å². The van der Waals surface area contributed by atoms with Gasteiger partial charge in [0.2, 0.25) is 0 Å². The van der Waals surface area contributed by atoms with Gasteiger partial charge in [-0.05, 0) is 112 Å². The summed E-state index contributed by atoms with van der Waals surface area (Å²) in [5.41, 5.74) is 3.10. The molecule has 7 atom stereocenters. The van der Waals surface area contributed by atoms with E-state index < -0.39 is 5.60 Å². The van der Waals surface area contributed by atoms with Crippen LogP contribution in [0, 0.1) is 35.0 Å². The Morgan fingerprint density at radius 3 is 2.71 bits per heavy atom. The first-order valence-corrected chi connectivity index (χ1v) is 14.6. The standard InChI is InChI=1S/C31H39NO2S/c1-5-14-30(34)15-13-26-24-10-8-20-17-22(33)12-16-31(20)28(24)25(19-29(26,30)4)23-11-9-21(18-27(23)35-31)32(6-2)7-3/h9,11,17-18,24-26,28,34H,6-8,10,12-13,15-16,19H2,1-4H3/t24-,25+,26-,28?,29-,30-,31+/m0/s1. The van der Waals surface area contributed by atoms with Crippen molar-refractivity contribution in [2.75, 3.05) is 18.0 Å². The summed E-state index contributed by atoms with van der Waals surface area (Å²) >= 11 is 2.09. The number of aliphatic hydroxyl groups is 1. The van der Waals surface area contributed by atoms with E-state index in [0.717, 1.165) is 51.6 Å². The van der Waals surface area contributed by atoms with Gasteiger partial charge in [-0.1, -0.05) is 18.9 Å². The van der Waals surface area contributed by atoms with Crippen LogP contribution in [0.1, 0.15) is 84.1 Å². The second-order valence-electron chi connectivity index (χ2n) is 11.9. The molecule has 1 spiro atoms. The molecule has 0 bridgehead atoms. The third kappa shape index (κ3) is 3.13. The van der Waals surface area contributed by atoms with Gasteiger partial charge >= 0.3 is 0 Å². The fourth-order valence-corrected chi connectivity index (χ4v) is 11.0. The number of fused-ring (bicyclic) bond motifs is 4. The number of hydrogen-bond donors (Lipinski definition) is 1. The van der Waals surface area contributed by atoms with Crippen molar-refractivity contribution >= 4 is 23.2 Å². The predicted molar refractivity (Wildman–Crippen MR) is 144 cm³/mol. The van der Waals surface area contributed by atoms with Gasteiger partial charge in [-0.25, -0.2) is 0 Å². The highest BCUT2D eigenvalue weighted by atomic mass is 32.2. The molecule has 186 valence electrons. The number of carbonyl (C=O) groups is 1. The smallest absolute Gasteiger partial charge is 0.155 e. The lowest BCUT2D eigenvalue weighted by molar-refractivity contribution is -0.116. The van der Waals surface area contributed by atoms with Crippen LogP contribution >= 0.6 is 11.8 Å². The molecule has 35 heavy (non-hydrogen) atoms. The Bertz CT molecular complexity index is 1160. The summed E-state index contributed by atoms with van der Waals surface area (Å²) in [5.74, 6) is 8.73. The van der Waals surface area contributed by atoms with Crippen LogP contribution in [-0.2, 0) is 4.79 Å². The van der Waals surface area contributed by atoms with Gasteiger partial charge in [-0.15, -0.1) is 17.7 Å². The molecule has 3 fully saturated rings. The number of rotatable bonds is 3. The zero-order chi connectivity index (χ0) is 24.6. The fraction of sp³-hybridized carbons (Fsp3) is 0.645. The Morgan fingerprint density at radius 1 is 1.17 bits per heavy atom. The molecular formula is C31H39NO2S. The average Bonchev–Trinajstić information content (AvgIpc) is 3.10. The topological polar surface area (TPSA) is 40.5 Å². The molecule has 3 saturated carbocycles. The number of thioether (sulfide) groups is 1. The minimum Gasteiger partial charge on any atom is -0.377 e. The minimum atomic E-state index is -0.894. The van der Waals surface area contributed by atoms with Crippen LogP contribution in [0.25, 0.3) is 0 Å². The van der Waals surface area contributed by atoms with Gasteiger partial charge in [0.15, 0.2) is 5.78 Å². The minimum absolute atomic E-state index is 0.0366. The highest BCUT2D eigenvalue weighted by Crippen LogP contribution is 2.73. The van der Waals surface area contributed by atoms with E-state index in [0.29, 0.717) is 35.9 Å². The molecule has 1 aliphatic heterocycles. The monoisotopic (exact) mass is 489 g/mol. The zero-order valence-electron chi connectivity index (χ0n) is 21.7. The fourth-order valence-electron chi connectivity index (χ4n) is 9.11. The largest absolute Gasteiger partial charge is 0.377 e. The molecule has 4 aliphatic carbocycles. The van der Waals surface area contributed by atoms with Gasteiger partial charge in [0, 0.05) is 40.3 Å². The first-order chi connectivity index (χ1) is 16.8. The van der Waals surface area contributed by atoms with Crippen molar-refractivity contribution in [2.24, 2.45) is 23.2 Å². The summed E-state index contributed by atoms with van der Waals surface area (Å²) in [6.07, 6.45) is 8.70. The molecule has 3 nitrogen and oxygen atoms in total. The van der Waals surface area contributed by atoms with Crippen molar-refractivity contribution in [1.29, 1.82) is 0 Å². The normalized spacial score (nSPS) is 40.9. The maximum absolute atomic E-state index is 12.6. The lowest BCUT2D eigenvalue weighted by Crippen LogP contribution is -2.60. The average molecular weight is 490 g/mol. The first kappa shape index (κ1) is 23.7. The molecule has 1 unspecified atom stereocenters. The quantitative estimate of drug-likeness (QED) is 0.502. The number of nitrogens with zero attached hydrogens (tertiary/aromatic N) is 1. The molecule has 4 heteroatoms. The molecule has 5 aliphatic rings. The van der Waals surface area contributed by atoms with Gasteiger partial charge in [-0.2, -0.15) is 0 Å². The van der Waals surface area contributed by atoms with E-state index in [1.807, 2.05) is 13.0 Å². The third-order valence-electron chi connectivity index (χ3n) is 10.7. The van der Waals surface area contributed by atoms with E-state index in [2.05, 4.69) is 67.5 Å². The summed E-state index contributed by atoms with van der Waals surface area (Å²) < 4.78 is 0.0366. The lowest BCUT2D eigenvalue weighted by Gasteiger charge is -2.64. The number of benzene rings is 1. The summed E-state index contributed by atoms with van der Waals surface area (Å²) in [6, 6.07) is 7.15. The molecule has 0 saturated heterocycles. The number of anilines is 1. The number of ketones is 1. The molecule has 0 amide bonds. The molecule has 6 rings (SSSR count). The third-order valence-corrected chi connectivity index (χ3v) is 12.4. The molecule has 1 N–H and O–H groups in total. The van der Waals surface area contributed by atoms with Crippen LogP contribution in [0.3, 0.4) is 0 Å². The van der Waals surface area contributed by atoms with Crippen molar-refractivity contribution in [1.82, 2.24) is 0 Å². The van der Waals surface area contributed by atoms with Gasteiger partial charge < -0.3 is 10.0 Å². The maximum Gasteiger partial charge on any atom is 0.155 e. The zero-order valence-corrected chi connectivity index (χ0v) is 22.5. The van der Waals surface area contributed by atoms with Gasteiger partial charge in [0.25, 0.3) is 0 Å². The highest BCUT2D eigenvalue weighted by molar-refractivity contribution is 8.01. The van der Waals surface area contributed by atoms with Crippen molar-refractivity contribution < 1.29 is 9.90 Å². The van der Waals surface area contributed by atoms with Crippen molar-refractivity contribution in [3.8, 4) is 11.8 Å². The second kappa shape index (κ2) is 8.15. The van der Waals surface area contributed by atoms with Crippen LogP contribution in [0.15, 0.2) is 34.7 Å². The summed E-state index contributed by atoms with van der Waals surface area (Å²) in [5, 5.41) is 11.9. The number of hydrogen-bond acceptors (Lipinski definition) is 4. The first-order valence-electron chi connectivity index (χ1n) is 13.8. The van der Waals surface area contributed by atoms with E-state index in [1.54, 1.807) is 0 Å². The van der Waals surface area contributed by atoms with Crippen LogP contribution in [-0.4, -0.2) is 34.3 Å². The molecule has 1 heterocycles. The molecule has 0 aromatic heterocycles. The molecule has 1 aromatic rings. The summed E-state index contributed by atoms with van der Waals surface area (Å²) in [6.45, 7) is 10.7. The van der Waals surface area contributed by atoms with Crippen LogP contribution < -0.4 is 4.90 Å². The highest BCUT2D eigenvalue weighted by Gasteiger charge is 2.68. The lowest BCUT2D eigenvalue weighted by atomic mass is 9.46. The van der Waals surface area contributed by atoms with Crippen LogP contribution in [0.5, 0.6) is 0 Å². The van der Waals surface area contributed by atoms with E-state index in [1.165, 1.54) is 21.7 Å². The Labute approximate surface area is 215 Å². The van der Waals surface area contributed by atoms with Gasteiger partial charge in [-0.3, -0.25) is 4.79 Å². The molecule has 1 aromatic carbocycles. The van der Waals surface area contributed by atoms with E-state index in [-0.39, 0.29) is 10.2 Å². The molecular weight excluding hydrogens is 450 g/mol. The Hall–Kier alpha value is -1.70.